The molecule has 1 heterocycles. The van der Waals surface area contributed by atoms with Crippen LogP contribution in [0.5, 0.6) is 5.75 Å². The second-order valence-electron chi connectivity index (χ2n) is 4.03. The van der Waals surface area contributed by atoms with Gasteiger partial charge in [-0.2, -0.15) is 0 Å². The molecule has 1 amide bonds. The average molecular weight is 205 g/mol. The third kappa shape index (κ3) is 1.96. The summed E-state index contributed by atoms with van der Waals surface area (Å²) in [6.45, 7) is 4.69. The molecule has 3 heteroatoms. The Morgan fingerprint density at radius 2 is 2.20 bits per heavy atom. The Morgan fingerprint density at radius 3 is 2.93 bits per heavy atom. The molecule has 1 aromatic rings. The molecule has 0 bridgehead atoms. The molecular formula is C12H15NO2. The maximum absolute atomic E-state index is 11.3. The van der Waals surface area contributed by atoms with Gasteiger partial charge in [0.2, 0.25) is 5.91 Å². The number of nitrogens with one attached hydrogen (secondary N) is 1. The number of carbonyl (C=O) groups is 1. The third-order valence-corrected chi connectivity index (χ3v) is 2.52. The van der Waals surface area contributed by atoms with Crippen molar-refractivity contribution in [2.75, 3.05) is 11.9 Å². The molecule has 0 saturated heterocycles. The zero-order valence-corrected chi connectivity index (χ0v) is 9.04. The van der Waals surface area contributed by atoms with Gasteiger partial charge in [-0.3, -0.25) is 4.79 Å². The molecule has 0 aliphatic carbocycles. The minimum Gasteiger partial charge on any atom is -0.491 e. The van der Waals surface area contributed by atoms with Crippen molar-refractivity contribution < 1.29 is 9.53 Å². The van der Waals surface area contributed by atoms with Crippen LogP contribution in [0.4, 0.5) is 5.69 Å². The van der Waals surface area contributed by atoms with Gasteiger partial charge in [0, 0.05) is 0 Å². The van der Waals surface area contributed by atoms with Gasteiger partial charge in [0.15, 0.2) is 0 Å². The highest BCUT2D eigenvalue weighted by atomic mass is 16.5. The lowest BCUT2D eigenvalue weighted by atomic mass is 10.0. The second-order valence-corrected chi connectivity index (χ2v) is 4.03. The Balaban J connectivity index is 2.46. The summed E-state index contributed by atoms with van der Waals surface area (Å²) in [6, 6.07) is 5.87. The van der Waals surface area contributed by atoms with Crippen molar-refractivity contribution in [2.24, 2.45) is 0 Å². The van der Waals surface area contributed by atoms with Crippen molar-refractivity contribution in [3.8, 4) is 5.75 Å². The summed E-state index contributed by atoms with van der Waals surface area (Å²) in [4.78, 5) is 11.3. The second kappa shape index (κ2) is 3.93. The van der Waals surface area contributed by atoms with Crippen LogP contribution in [0.3, 0.4) is 0 Å². The summed E-state index contributed by atoms with van der Waals surface area (Å²) < 4.78 is 5.63. The lowest BCUT2D eigenvalue weighted by Crippen LogP contribution is -2.10. The zero-order valence-electron chi connectivity index (χ0n) is 9.04. The molecule has 1 aromatic carbocycles. The molecule has 1 N–H and O–H groups in total. The van der Waals surface area contributed by atoms with Crippen molar-refractivity contribution in [3.63, 3.8) is 0 Å². The predicted molar refractivity (Wildman–Crippen MR) is 59.3 cm³/mol. The largest absolute Gasteiger partial charge is 0.491 e. The van der Waals surface area contributed by atoms with Crippen molar-refractivity contribution in [2.45, 2.75) is 26.2 Å². The molecule has 2 rings (SSSR count). The van der Waals surface area contributed by atoms with Crippen molar-refractivity contribution in [1.29, 1.82) is 0 Å². The number of ether oxygens (including phenoxy) is 1. The number of hydrogen-bond acceptors (Lipinski definition) is 2. The van der Waals surface area contributed by atoms with Gasteiger partial charge in [-0.25, -0.2) is 0 Å². The van der Waals surface area contributed by atoms with E-state index in [0.717, 1.165) is 17.0 Å². The standard InChI is InChI=1S/C12H15NO2/c1-8(2)9-4-3-5-10-12(9)15-7-6-11(14)13-10/h3-5,8H,6-7H2,1-2H3,(H,13,14). The fourth-order valence-electron chi connectivity index (χ4n) is 1.73. The zero-order chi connectivity index (χ0) is 10.8. The van der Waals surface area contributed by atoms with Gasteiger partial charge in [-0.1, -0.05) is 26.0 Å². The van der Waals surface area contributed by atoms with E-state index < -0.39 is 0 Å². The van der Waals surface area contributed by atoms with Gasteiger partial charge >= 0.3 is 0 Å². The van der Waals surface area contributed by atoms with Gasteiger partial charge < -0.3 is 10.1 Å². The van der Waals surface area contributed by atoms with E-state index in [2.05, 4.69) is 19.2 Å². The van der Waals surface area contributed by atoms with Crippen molar-refractivity contribution in [3.05, 3.63) is 23.8 Å². The fraction of sp³-hybridized carbons (Fsp3) is 0.417. The molecular weight excluding hydrogens is 190 g/mol. The third-order valence-electron chi connectivity index (χ3n) is 2.52. The number of benzene rings is 1. The number of rotatable bonds is 1. The van der Waals surface area contributed by atoms with Gasteiger partial charge in [0.1, 0.15) is 5.75 Å². The van der Waals surface area contributed by atoms with Crippen molar-refractivity contribution >= 4 is 11.6 Å². The number of amides is 1. The van der Waals surface area contributed by atoms with E-state index in [1.165, 1.54) is 0 Å². The first-order valence-corrected chi connectivity index (χ1v) is 5.24. The van der Waals surface area contributed by atoms with E-state index in [0.29, 0.717) is 18.9 Å². The van der Waals surface area contributed by atoms with Crippen molar-refractivity contribution in [1.82, 2.24) is 0 Å². The predicted octanol–water partition coefficient (Wildman–Crippen LogP) is 2.53. The molecule has 15 heavy (non-hydrogen) atoms. The monoisotopic (exact) mass is 205 g/mol. The van der Waals surface area contributed by atoms with Crippen LogP contribution in [-0.4, -0.2) is 12.5 Å². The minimum atomic E-state index is 0.0228. The van der Waals surface area contributed by atoms with E-state index in [-0.39, 0.29) is 5.91 Å². The lowest BCUT2D eigenvalue weighted by molar-refractivity contribution is -0.116. The lowest BCUT2D eigenvalue weighted by Gasteiger charge is -2.14. The number of anilines is 1. The molecule has 0 spiro atoms. The first-order valence-electron chi connectivity index (χ1n) is 5.24. The summed E-state index contributed by atoms with van der Waals surface area (Å²) in [7, 11) is 0. The Morgan fingerprint density at radius 1 is 1.40 bits per heavy atom. The molecule has 0 unspecified atom stereocenters. The number of para-hydroxylation sites is 1. The topological polar surface area (TPSA) is 38.3 Å². The Kier molecular flexibility index (Phi) is 2.62. The molecule has 80 valence electrons. The van der Waals surface area contributed by atoms with Crippen LogP contribution in [0.25, 0.3) is 0 Å². The van der Waals surface area contributed by atoms with E-state index in [4.69, 9.17) is 4.74 Å². The highest BCUT2D eigenvalue weighted by molar-refractivity contribution is 5.93. The SMILES string of the molecule is CC(C)c1cccc2c1OCCC(=O)N2. The maximum Gasteiger partial charge on any atom is 0.227 e. The summed E-state index contributed by atoms with van der Waals surface area (Å²) in [5.41, 5.74) is 1.94. The number of carbonyl (C=O) groups excluding carboxylic acids is 1. The molecule has 1 aliphatic heterocycles. The summed E-state index contributed by atoms with van der Waals surface area (Å²) in [5.74, 6) is 1.25. The molecule has 1 aliphatic rings. The van der Waals surface area contributed by atoms with E-state index in [1.54, 1.807) is 0 Å². The van der Waals surface area contributed by atoms with Crippen LogP contribution >= 0.6 is 0 Å². The normalized spacial score (nSPS) is 15.3. The highest BCUT2D eigenvalue weighted by Crippen LogP contribution is 2.35. The highest BCUT2D eigenvalue weighted by Gasteiger charge is 2.17. The Bertz CT molecular complexity index is 385. The molecule has 0 fully saturated rings. The smallest absolute Gasteiger partial charge is 0.227 e. The van der Waals surface area contributed by atoms with Gasteiger partial charge in [-0.15, -0.1) is 0 Å². The summed E-state index contributed by atoms with van der Waals surface area (Å²) in [5, 5.41) is 2.85. The van der Waals surface area contributed by atoms with Gasteiger partial charge in [-0.05, 0) is 17.5 Å². The van der Waals surface area contributed by atoms with Gasteiger partial charge in [0.25, 0.3) is 0 Å². The first-order chi connectivity index (χ1) is 7.18. The van der Waals surface area contributed by atoms with E-state index in [9.17, 15) is 4.79 Å². The van der Waals surface area contributed by atoms with Crippen LogP contribution in [0, 0.1) is 0 Å². The number of fused-ring (bicyclic) bond motifs is 1. The van der Waals surface area contributed by atoms with Crippen LogP contribution < -0.4 is 10.1 Å². The van der Waals surface area contributed by atoms with E-state index >= 15 is 0 Å². The molecule has 3 nitrogen and oxygen atoms in total. The van der Waals surface area contributed by atoms with Crippen LogP contribution in [0.2, 0.25) is 0 Å². The fourth-order valence-corrected chi connectivity index (χ4v) is 1.73. The first kappa shape index (κ1) is 10.0. The average Bonchev–Trinajstić information content (AvgIpc) is 2.37. The summed E-state index contributed by atoms with van der Waals surface area (Å²) in [6.07, 6.45) is 0.423. The number of hydrogen-bond donors (Lipinski definition) is 1. The van der Waals surface area contributed by atoms with E-state index in [1.807, 2.05) is 18.2 Å². The molecule has 0 atom stereocenters. The quantitative estimate of drug-likeness (QED) is 0.765. The molecule has 0 radical (unpaired) electrons. The maximum atomic E-state index is 11.3. The van der Waals surface area contributed by atoms with Crippen LogP contribution in [0.15, 0.2) is 18.2 Å². The van der Waals surface area contributed by atoms with Crippen LogP contribution in [-0.2, 0) is 4.79 Å². The Hall–Kier alpha value is -1.51. The van der Waals surface area contributed by atoms with Gasteiger partial charge in [0.05, 0.1) is 18.7 Å². The summed E-state index contributed by atoms with van der Waals surface area (Å²) >= 11 is 0. The minimum absolute atomic E-state index is 0.0228. The molecule has 0 saturated carbocycles. The van der Waals surface area contributed by atoms with Crippen LogP contribution in [0.1, 0.15) is 31.7 Å². The Labute approximate surface area is 89.4 Å². The molecule has 0 aromatic heterocycles.